The number of nitrogens with zero attached hydrogens (tertiary/aromatic N) is 2. The van der Waals surface area contributed by atoms with Gasteiger partial charge in [-0.1, -0.05) is 18.5 Å². The second kappa shape index (κ2) is 10.3. The zero-order valence-electron chi connectivity index (χ0n) is 17.7. The van der Waals surface area contributed by atoms with Crippen LogP contribution in [0.4, 0.5) is 11.4 Å². The smallest absolute Gasteiger partial charge is 0.338 e. The van der Waals surface area contributed by atoms with Crippen molar-refractivity contribution in [3.63, 3.8) is 0 Å². The van der Waals surface area contributed by atoms with Gasteiger partial charge in [-0.3, -0.25) is 14.9 Å². The maximum absolute atomic E-state index is 12.8. The molecule has 12 heteroatoms. The number of sulfonamides is 1. The number of hydrogen-bond donors (Lipinski definition) is 1. The monoisotopic (exact) mass is 495 g/mol. The summed E-state index contributed by atoms with van der Waals surface area (Å²) in [5, 5.41) is 13.3. The zero-order chi connectivity index (χ0) is 24.2. The van der Waals surface area contributed by atoms with Crippen molar-refractivity contribution < 1.29 is 27.7 Å². The number of anilines is 1. The van der Waals surface area contributed by atoms with Crippen molar-refractivity contribution >= 4 is 44.9 Å². The molecule has 1 aliphatic rings. The van der Waals surface area contributed by atoms with Gasteiger partial charge in [-0.15, -0.1) is 0 Å². The Balaban J connectivity index is 1.58. The summed E-state index contributed by atoms with van der Waals surface area (Å²) in [7, 11) is -3.65. The van der Waals surface area contributed by atoms with E-state index >= 15 is 0 Å². The molecule has 0 atom stereocenters. The molecule has 0 radical (unpaired) electrons. The van der Waals surface area contributed by atoms with Crippen molar-refractivity contribution in [3.05, 3.63) is 63.2 Å². The minimum Gasteiger partial charge on any atom is -0.452 e. The van der Waals surface area contributed by atoms with Crippen LogP contribution in [-0.4, -0.2) is 49.2 Å². The number of rotatable bonds is 7. The second-order valence-corrected chi connectivity index (χ2v) is 10.0. The minimum atomic E-state index is -3.65. The highest BCUT2D eigenvalue weighted by Gasteiger charge is 2.28. The summed E-state index contributed by atoms with van der Waals surface area (Å²) in [6.45, 7) is 2.33. The fourth-order valence-corrected chi connectivity index (χ4v) is 4.90. The quantitative estimate of drug-likeness (QED) is 0.353. The van der Waals surface area contributed by atoms with Crippen LogP contribution in [0, 0.1) is 16.0 Å². The maximum atomic E-state index is 12.8. The van der Waals surface area contributed by atoms with E-state index in [1.807, 2.05) is 0 Å². The van der Waals surface area contributed by atoms with E-state index in [4.69, 9.17) is 16.3 Å². The molecule has 1 heterocycles. The number of amides is 1. The molecule has 0 aromatic heterocycles. The van der Waals surface area contributed by atoms with Crippen molar-refractivity contribution in [2.24, 2.45) is 5.92 Å². The Morgan fingerprint density at radius 2 is 1.82 bits per heavy atom. The van der Waals surface area contributed by atoms with Crippen molar-refractivity contribution in [2.75, 3.05) is 25.0 Å². The largest absolute Gasteiger partial charge is 0.452 e. The normalized spacial score (nSPS) is 15.1. The Morgan fingerprint density at radius 3 is 2.42 bits per heavy atom. The highest BCUT2D eigenvalue weighted by atomic mass is 35.5. The molecule has 0 unspecified atom stereocenters. The molecule has 0 aliphatic carbocycles. The first-order chi connectivity index (χ1) is 15.6. The van der Waals surface area contributed by atoms with Gasteiger partial charge >= 0.3 is 5.97 Å². The predicted molar refractivity (Wildman–Crippen MR) is 121 cm³/mol. The number of nitro groups is 1. The number of non-ortho nitro benzene ring substituents is 1. The summed E-state index contributed by atoms with van der Waals surface area (Å²) < 4.78 is 31.9. The Hall–Kier alpha value is -3.02. The van der Waals surface area contributed by atoms with Crippen LogP contribution >= 0.6 is 11.6 Å². The average Bonchev–Trinajstić information content (AvgIpc) is 2.79. The standard InChI is InChI=1S/C21H22ClN3O7S/c1-14-8-10-24(11-9-14)33(30,31)17-5-2-15(3-6-17)21(27)32-13-20(26)23-19-12-16(25(28)29)4-7-18(19)22/h2-7,12,14H,8-11,13H2,1H3,(H,23,26). The predicted octanol–water partition coefficient (Wildman–Crippen LogP) is 3.46. The first-order valence-corrected chi connectivity index (χ1v) is 11.9. The SMILES string of the molecule is CC1CCN(S(=O)(=O)c2ccc(C(=O)OCC(=O)Nc3cc([N+](=O)[O-])ccc3Cl)cc2)CC1. The van der Waals surface area contributed by atoms with Gasteiger partial charge in [0.2, 0.25) is 10.0 Å². The molecule has 1 amide bonds. The summed E-state index contributed by atoms with van der Waals surface area (Å²) in [6.07, 6.45) is 1.60. The number of piperidine rings is 1. The van der Waals surface area contributed by atoms with E-state index in [9.17, 15) is 28.1 Å². The van der Waals surface area contributed by atoms with Gasteiger partial charge in [0, 0.05) is 25.2 Å². The van der Waals surface area contributed by atoms with E-state index < -0.39 is 33.4 Å². The number of halogens is 1. The Labute approximate surface area is 195 Å². The summed E-state index contributed by atoms with van der Waals surface area (Å²) in [5.74, 6) is -1.09. The molecule has 1 aliphatic heterocycles. The number of ether oxygens (including phenoxy) is 1. The fraction of sp³-hybridized carbons (Fsp3) is 0.333. The summed E-state index contributed by atoms with van der Waals surface area (Å²) in [6, 6.07) is 8.83. The number of benzene rings is 2. The molecule has 0 saturated carbocycles. The Bertz CT molecular complexity index is 1160. The summed E-state index contributed by atoms with van der Waals surface area (Å²) in [5.41, 5.74) is -0.184. The lowest BCUT2D eigenvalue weighted by atomic mass is 10.0. The van der Waals surface area contributed by atoms with Crippen LogP contribution in [0.3, 0.4) is 0 Å². The second-order valence-electron chi connectivity index (χ2n) is 7.66. The zero-order valence-corrected chi connectivity index (χ0v) is 19.3. The molecule has 176 valence electrons. The van der Waals surface area contributed by atoms with Crippen molar-refractivity contribution in [2.45, 2.75) is 24.7 Å². The number of nitrogens with one attached hydrogen (secondary N) is 1. The van der Waals surface area contributed by atoms with Crippen molar-refractivity contribution in [3.8, 4) is 0 Å². The molecular weight excluding hydrogens is 474 g/mol. The van der Waals surface area contributed by atoms with Crippen molar-refractivity contribution in [1.82, 2.24) is 4.31 Å². The van der Waals surface area contributed by atoms with Crippen molar-refractivity contribution in [1.29, 1.82) is 0 Å². The third kappa shape index (κ3) is 6.06. The van der Waals surface area contributed by atoms with Gasteiger partial charge in [0.1, 0.15) is 0 Å². The van der Waals surface area contributed by atoms with Gasteiger partial charge in [0.15, 0.2) is 6.61 Å². The number of carbonyl (C=O) groups is 2. The van der Waals surface area contributed by atoms with Gasteiger partial charge in [-0.2, -0.15) is 4.31 Å². The lowest BCUT2D eigenvalue weighted by Crippen LogP contribution is -2.37. The Kier molecular flexibility index (Phi) is 7.67. The van der Waals surface area contributed by atoms with Crippen LogP contribution in [0.25, 0.3) is 0 Å². The fourth-order valence-electron chi connectivity index (χ4n) is 3.26. The van der Waals surface area contributed by atoms with Gasteiger partial charge in [0.05, 0.1) is 26.1 Å². The van der Waals surface area contributed by atoms with Crippen LogP contribution in [0.15, 0.2) is 47.4 Å². The van der Waals surface area contributed by atoms with E-state index in [1.165, 1.54) is 40.7 Å². The number of carbonyl (C=O) groups excluding carboxylic acids is 2. The molecule has 0 spiro atoms. The third-order valence-corrected chi connectivity index (χ3v) is 7.48. The van der Waals surface area contributed by atoms with Crippen LogP contribution in [0.2, 0.25) is 5.02 Å². The topological polar surface area (TPSA) is 136 Å². The highest BCUT2D eigenvalue weighted by Crippen LogP contribution is 2.27. The molecule has 0 bridgehead atoms. The van der Waals surface area contributed by atoms with E-state index in [0.717, 1.165) is 18.9 Å². The first kappa shape index (κ1) is 24.6. The van der Waals surface area contributed by atoms with E-state index in [0.29, 0.717) is 19.0 Å². The molecule has 2 aromatic rings. The molecule has 1 N–H and O–H groups in total. The lowest BCUT2D eigenvalue weighted by Gasteiger charge is -2.29. The van der Waals surface area contributed by atoms with Gasteiger partial charge in [-0.05, 0) is 49.1 Å². The van der Waals surface area contributed by atoms with Crippen LogP contribution in [0.5, 0.6) is 0 Å². The molecular formula is C21H22ClN3O7S. The van der Waals surface area contributed by atoms with Gasteiger partial charge < -0.3 is 10.1 Å². The highest BCUT2D eigenvalue weighted by molar-refractivity contribution is 7.89. The Morgan fingerprint density at radius 1 is 1.18 bits per heavy atom. The molecule has 33 heavy (non-hydrogen) atoms. The van der Waals surface area contributed by atoms with Crippen LogP contribution in [0.1, 0.15) is 30.1 Å². The molecule has 2 aromatic carbocycles. The minimum absolute atomic E-state index is 0.00795. The average molecular weight is 496 g/mol. The van der Waals surface area contributed by atoms with E-state index in [2.05, 4.69) is 12.2 Å². The van der Waals surface area contributed by atoms with Gasteiger partial charge in [-0.25, -0.2) is 13.2 Å². The van der Waals surface area contributed by atoms with E-state index in [1.54, 1.807) is 0 Å². The molecule has 10 nitrogen and oxygen atoms in total. The molecule has 1 saturated heterocycles. The lowest BCUT2D eigenvalue weighted by molar-refractivity contribution is -0.384. The molecule has 3 rings (SSSR count). The number of nitro benzene ring substituents is 1. The van der Waals surface area contributed by atoms with Gasteiger partial charge in [0.25, 0.3) is 11.6 Å². The third-order valence-electron chi connectivity index (χ3n) is 5.24. The summed E-state index contributed by atoms with van der Waals surface area (Å²) in [4.78, 5) is 34.6. The number of esters is 1. The maximum Gasteiger partial charge on any atom is 0.338 e. The van der Waals surface area contributed by atoms with Crippen LogP contribution in [-0.2, 0) is 19.6 Å². The first-order valence-electron chi connectivity index (χ1n) is 10.1. The van der Waals surface area contributed by atoms with E-state index in [-0.39, 0.29) is 26.9 Å². The summed E-state index contributed by atoms with van der Waals surface area (Å²) >= 11 is 5.92. The van der Waals surface area contributed by atoms with Crippen LogP contribution < -0.4 is 5.32 Å². The number of hydrogen-bond acceptors (Lipinski definition) is 7. The molecule has 1 fully saturated rings.